The van der Waals surface area contributed by atoms with Gasteiger partial charge in [0.1, 0.15) is 0 Å². The summed E-state index contributed by atoms with van der Waals surface area (Å²) in [5.74, 6) is 0. The second kappa shape index (κ2) is 14.1. The van der Waals surface area contributed by atoms with E-state index in [9.17, 15) is 0 Å². The Labute approximate surface area is 89.4 Å². The van der Waals surface area contributed by atoms with E-state index in [0.29, 0.717) is 0 Å². The molecule has 0 radical (unpaired) electrons. The summed E-state index contributed by atoms with van der Waals surface area (Å²) >= 11 is 0. The molecule has 0 aromatic heterocycles. The van der Waals surface area contributed by atoms with Crippen LogP contribution in [0.3, 0.4) is 0 Å². The van der Waals surface area contributed by atoms with E-state index in [1.807, 2.05) is 0 Å². The van der Waals surface area contributed by atoms with Crippen molar-refractivity contribution in [2.45, 2.75) is 45.4 Å². The van der Waals surface area contributed by atoms with E-state index in [1.54, 1.807) is 0 Å². The van der Waals surface area contributed by atoms with Crippen molar-refractivity contribution >= 4 is 0 Å². The van der Waals surface area contributed by atoms with Gasteiger partial charge in [-0.2, -0.15) is 6.42 Å². The van der Waals surface area contributed by atoms with Gasteiger partial charge >= 0.3 is 18.9 Å². The predicted molar refractivity (Wildman–Crippen MR) is 49.6 cm³/mol. The molecule has 2 heteroatoms. The van der Waals surface area contributed by atoms with Crippen LogP contribution in [0.15, 0.2) is 0 Å². The second-order valence-electron chi connectivity index (χ2n) is 2.88. The summed E-state index contributed by atoms with van der Waals surface area (Å²) in [4.78, 5) is 0. The molecule has 68 valence electrons. The molecule has 1 aliphatic heterocycles. The van der Waals surface area contributed by atoms with Gasteiger partial charge in [0, 0.05) is 13.2 Å². The van der Waals surface area contributed by atoms with Crippen LogP contribution in [0.5, 0.6) is 0 Å². The molecule has 1 fully saturated rings. The van der Waals surface area contributed by atoms with Crippen LogP contribution in [-0.4, -0.2) is 13.2 Å². The van der Waals surface area contributed by atoms with E-state index in [1.165, 1.54) is 32.1 Å². The van der Waals surface area contributed by atoms with Crippen molar-refractivity contribution in [1.29, 1.82) is 0 Å². The van der Waals surface area contributed by atoms with E-state index < -0.39 is 0 Å². The van der Waals surface area contributed by atoms with Crippen molar-refractivity contribution in [2.75, 3.05) is 13.2 Å². The molecule has 1 saturated heterocycles. The summed E-state index contributed by atoms with van der Waals surface area (Å²) in [6.45, 7) is 7.93. The number of unbranched alkanes of at least 4 members (excludes halogenated alkanes) is 3. The monoisotopic (exact) mass is 164 g/mol. The van der Waals surface area contributed by atoms with Gasteiger partial charge in [-0.1, -0.05) is 26.2 Å². The fourth-order valence-corrected chi connectivity index (χ4v) is 0.937. The fourth-order valence-electron chi connectivity index (χ4n) is 0.937. The van der Waals surface area contributed by atoms with E-state index in [0.717, 1.165) is 19.6 Å². The zero-order valence-electron chi connectivity index (χ0n) is 8.77. The van der Waals surface area contributed by atoms with Gasteiger partial charge in [-0.05, 0) is 12.8 Å². The van der Waals surface area contributed by atoms with Gasteiger partial charge in [0.25, 0.3) is 0 Å². The van der Waals surface area contributed by atoms with Crippen LogP contribution in [0.1, 0.15) is 45.4 Å². The Kier molecular flexibility index (Phi) is 17.7. The molecule has 12 heavy (non-hydrogen) atoms. The first-order chi connectivity index (χ1) is 5.41. The third kappa shape index (κ3) is 13.2. The maximum absolute atomic E-state index is 4.94. The third-order valence-corrected chi connectivity index (χ3v) is 1.68. The smallest absolute Gasteiger partial charge is 0.381 e. The molecule has 0 N–H and O–H groups in total. The standard InChI is InChI=1S/C6H13.C4H8O.Li/c1-3-5-6-4-2;1-2-4-5-3-1;/h1,3-6H2,2H3;1-4H2;/q-1;;+1. The van der Waals surface area contributed by atoms with Crippen LogP contribution in [-0.2, 0) is 4.74 Å². The number of hydrogen-bond donors (Lipinski definition) is 0. The summed E-state index contributed by atoms with van der Waals surface area (Å²) in [6, 6.07) is 0. The molecular weight excluding hydrogens is 143 g/mol. The van der Waals surface area contributed by atoms with Crippen molar-refractivity contribution in [1.82, 2.24) is 0 Å². The topological polar surface area (TPSA) is 9.23 Å². The minimum atomic E-state index is 0. The predicted octanol–water partition coefficient (Wildman–Crippen LogP) is 0.202. The van der Waals surface area contributed by atoms with E-state index >= 15 is 0 Å². The maximum Gasteiger partial charge on any atom is 1.00 e. The summed E-state index contributed by atoms with van der Waals surface area (Å²) in [5.41, 5.74) is 0. The Morgan fingerprint density at radius 2 is 1.75 bits per heavy atom. The van der Waals surface area contributed by atoms with Crippen LogP contribution >= 0.6 is 0 Å². The van der Waals surface area contributed by atoms with Crippen molar-refractivity contribution < 1.29 is 23.6 Å². The summed E-state index contributed by atoms with van der Waals surface area (Å²) < 4.78 is 4.94. The van der Waals surface area contributed by atoms with Gasteiger partial charge < -0.3 is 11.7 Å². The Hall–Kier alpha value is 0.557. The SMILES string of the molecule is C1CCOC1.[CH2-]CCCCC.[Li+]. The van der Waals surface area contributed by atoms with Crippen molar-refractivity contribution in [3.05, 3.63) is 6.92 Å². The average molecular weight is 164 g/mol. The van der Waals surface area contributed by atoms with Crippen molar-refractivity contribution in [2.24, 2.45) is 0 Å². The molecule has 1 rings (SSSR count). The van der Waals surface area contributed by atoms with Gasteiger partial charge in [-0.3, -0.25) is 0 Å². The Morgan fingerprint density at radius 1 is 1.17 bits per heavy atom. The number of ether oxygens (including phenoxy) is 1. The zero-order valence-corrected chi connectivity index (χ0v) is 8.77. The maximum atomic E-state index is 4.94. The molecule has 0 spiro atoms. The van der Waals surface area contributed by atoms with Crippen LogP contribution < -0.4 is 18.9 Å². The summed E-state index contributed by atoms with van der Waals surface area (Å²) in [6.07, 6.45) is 7.63. The van der Waals surface area contributed by atoms with Crippen LogP contribution in [0.25, 0.3) is 0 Å². The molecule has 0 aliphatic carbocycles. The normalized spacial score (nSPS) is 14.5. The summed E-state index contributed by atoms with van der Waals surface area (Å²) in [5, 5.41) is 0. The molecule has 1 heterocycles. The molecule has 1 nitrogen and oxygen atoms in total. The van der Waals surface area contributed by atoms with Crippen LogP contribution in [0, 0.1) is 6.92 Å². The van der Waals surface area contributed by atoms with Crippen molar-refractivity contribution in [3.8, 4) is 0 Å². The van der Waals surface area contributed by atoms with Gasteiger partial charge in [0.05, 0.1) is 0 Å². The molecule has 0 bridgehead atoms. The Morgan fingerprint density at radius 3 is 1.92 bits per heavy atom. The minimum absolute atomic E-state index is 0. The molecule has 0 aromatic rings. The van der Waals surface area contributed by atoms with Crippen molar-refractivity contribution in [3.63, 3.8) is 0 Å². The fraction of sp³-hybridized carbons (Fsp3) is 0.900. The summed E-state index contributed by atoms with van der Waals surface area (Å²) in [7, 11) is 0. The van der Waals surface area contributed by atoms with Gasteiger partial charge in [0.15, 0.2) is 0 Å². The second-order valence-corrected chi connectivity index (χ2v) is 2.88. The molecule has 0 aromatic carbocycles. The van der Waals surface area contributed by atoms with Crippen LogP contribution in [0.2, 0.25) is 0 Å². The first kappa shape index (κ1) is 15.0. The number of hydrogen-bond acceptors (Lipinski definition) is 1. The first-order valence-electron chi connectivity index (χ1n) is 4.78. The zero-order chi connectivity index (χ0) is 8.36. The Balaban J connectivity index is 0. The minimum Gasteiger partial charge on any atom is -0.381 e. The largest absolute Gasteiger partial charge is 1.00 e. The molecule has 1 aliphatic rings. The molecular formula is C10H21LiO. The van der Waals surface area contributed by atoms with Gasteiger partial charge in [0.2, 0.25) is 0 Å². The molecule has 0 saturated carbocycles. The Bertz CT molecular complexity index is 51.2. The average Bonchev–Trinajstić information content (AvgIpc) is 2.57. The van der Waals surface area contributed by atoms with Crippen LogP contribution in [0.4, 0.5) is 0 Å². The van der Waals surface area contributed by atoms with E-state index in [-0.39, 0.29) is 18.9 Å². The first-order valence-corrected chi connectivity index (χ1v) is 4.78. The molecule has 0 unspecified atom stereocenters. The van der Waals surface area contributed by atoms with Gasteiger partial charge in [-0.15, -0.1) is 0 Å². The quantitative estimate of drug-likeness (QED) is 0.329. The van der Waals surface area contributed by atoms with E-state index in [2.05, 4.69) is 13.8 Å². The number of rotatable bonds is 3. The third-order valence-electron chi connectivity index (χ3n) is 1.68. The van der Waals surface area contributed by atoms with E-state index in [4.69, 9.17) is 4.74 Å². The molecule has 0 amide bonds. The van der Waals surface area contributed by atoms with Gasteiger partial charge in [-0.25, -0.2) is 0 Å². The molecule has 0 atom stereocenters.